The van der Waals surface area contributed by atoms with Gasteiger partial charge in [-0.25, -0.2) is 0 Å². The molecule has 0 rings (SSSR count). The van der Waals surface area contributed by atoms with Crippen LogP contribution in [-0.2, 0) is 0 Å². The normalized spacial score (nSPS) is 10.3. The van der Waals surface area contributed by atoms with E-state index in [0.29, 0.717) is 12.8 Å². The molecule has 0 aliphatic heterocycles. The zero-order valence-electron chi connectivity index (χ0n) is 14.9. The number of unbranched alkanes of at least 4 members (excludes halogenated alkanes) is 12. The van der Waals surface area contributed by atoms with Crippen molar-refractivity contribution in [2.75, 3.05) is 0 Å². The summed E-state index contributed by atoms with van der Waals surface area (Å²) in [6.07, 6.45) is 15.4. The summed E-state index contributed by atoms with van der Waals surface area (Å²) in [4.78, 5) is 0. The summed E-state index contributed by atoms with van der Waals surface area (Å²) in [7, 11) is 0. The van der Waals surface area contributed by atoms with Crippen LogP contribution in [0.3, 0.4) is 0 Å². The number of nitriles is 4. The Morgan fingerprint density at radius 2 is 0.917 bits per heavy atom. The highest BCUT2D eigenvalue weighted by atomic mass is 14.4. The number of hydrogen-bond acceptors (Lipinski definition) is 4. The maximum atomic E-state index is 9.07. The fraction of sp³-hybridized carbons (Fsp3) is 0.800. The lowest BCUT2D eigenvalue weighted by Gasteiger charge is -2.13. The van der Waals surface area contributed by atoms with Gasteiger partial charge in [0.1, 0.15) is 0 Å². The summed E-state index contributed by atoms with van der Waals surface area (Å²) in [5.41, 5.74) is -1.10. The first kappa shape index (κ1) is 22.0. The maximum absolute atomic E-state index is 9.07. The Hall–Kier alpha value is -2.04. The molecule has 0 bridgehead atoms. The van der Waals surface area contributed by atoms with Crippen LogP contribution in [-0.4, -0.2) is 0 Å². The average Bonchev–Trinajstić information content (AvgIpc) is 2.61. The molecule has 0 saturated heterocycles. The monoisotopic (exact) mass is 326 g/mol. The van der Waals surface area contributed by atoms with E-state index in [2.05, 4.69) is 6.07 Å². The standard InChI is InChI=1S/C20H30N4/c21-16-13-11-9-7-5-3-1-2-4-6-8-10-12-14-20(18-23,19-24)15-17-22/h1-15H2. The Balaban J connectivity index is 3.41. The van der Waals surface area contributed by atoms with Crippen molar-refractivity contribution >= 4 is 0 Å². The summed E-state index contributed by atoms with van der Waals surface area (Å²) in [6, 6.07) is 8.16. The van der Waals surface area contributed by atoms with E-state index in [1.807, 2.05) is 18.2 Å². The molecule has 0 atom stereocenters. The maximum Gasteiger partial charge on any atom is 0.156 e. The Bertz CT molecular complexity index is 456. The molecule has 0 spiro atoms. The summed E-state index contributed by atoms with van der Waals surface area (Å²) < 4.78 is 0. The van der Waals surface area contributed by atoms with Crippen LogP contribution in [0.25, 0.3) is 0 Å². The molecule has 0 aliphatic rings. The van der Waals surface area contributed by atoms with Gasteiger partial charge in [-0.15, -0.1) is 0 Å². The van der Waals surface area contributed by atoms with Crippen LogP contribution < -0.4 is 0 Å². The SMILES string of the molecule is N#CCCCCCCCCCCCCCCC(C#N)(C#N)CC#N. The highest BCUT2D eigenvalue weighted by molar-refractivity contribution is 5.16. The minimum atomic E-state index is -1.10. The van der Waals surface area contributed by atoms with Gasteiger partial charge in [-0.3, -0.25) is 0 Å². The van der Waals surface area contributed by atoms with Crippen molar-refractivity contribution in [2.24, 2.45) is 5.41 Å². The lowest BCUT2D eigenvalue weighted by Crippen LogP contribution is -2.15. The van der Waals surface area contributed by atoms with Gasteiger partial charge in [0.15, 0.2) is 5.41 Å². The molecule has 0 fully saturated rings. The third-order valence-electron chi connectivity index (χ3n) is 4.45. The molecule has 4 heteroatoms. The first-order chi connectivity index (χ1) is 11.7. The largest absolute Gasteiger partial charge is 0.198 e. The van der Waals surface area contributed by atoms with Gasteiger partial charge in [0.25, 0.3) is 0 Å². The molecular weight excluding hydrogens is 296 g/mol. The van der Waals surface area contributed by atoms with Crippen molar-refractivity contribution in [3.05, 3.63) is 0 Å². The fourth-order valence-corrected chi connectivity index (χ4v) is 2.84. The second kappa shape index (κ2) is 15.8. The van der Waals surface area contributed by atoms with Crippen LogP contribution in [0.2, 0.25) is 0 Å². The molecule has 0 unspecified atom stereocenters. The van der Waals surface area contributed by atoms with E-state index in [1.165, 1.54) is 51.4 Å². The summed E-state index contributed by atoms with van der Waals surface area (Å²) in [5, 5.41) is 35.3. The Morgan fingerprint density at radius 3 is 1.29 bits per heavy atom. The molecule has 0 heterocycles. The molecular formula is C20H30N4. The third kappa shape index (κ3) is 11.5. The summed E-state index contributed by atoms with van der Waals surface area (Å²) >= 11 is 0. The molecule has 0 N–H and O–H groups in total. The highest BCUT2D eigenvalue weighted by Gasteiger charge is 2.29. The van der Waals surface area contributed by atoms with E-state index in [-0.39, 0.29) is 6.42 Å². The number of hydrogen-bond donors (Lipinski definition) is 0. The topological polar surface area (TPSA) is 95.2 Å². The summed E-state index contributed by atoms with van der Waals surface area (Å²) in [6.45, 7) is 0. The molecule has 130 valence electrons. The molecule has 0 amide bonds. The van der Waals surface area contributed by atoms with Gasteiger partial charge in [0.05, 0.1) is 30.7 Å². The molecule has 4 nitrogen and oxygen atoms in total. The van der Waals surface area contributed by atoms with Gasteiger partial charge >= 0.3 is 0 Å². The minimum absolute atomic E-state index is 0.0104. The molecule has 0 saturated carbocycles. The molecule has 0 aliphatic carbocycles. The Morgan fingerprint density at radius 1 is 0.500 bits per heavy atom. The van der Waals surface area contributed by atoms with E-state index in [1.54, 1.807) is 0 Å². The summed E-state index contributed by atoms with van der Waals surface area (Å²) in [5.74, 6) is 0. The molecule has 24 heavy (non-hydrogen) atoms. The van der Waals surface area contributed by atoms with E-state index >= 15 is 0 Å². The van der Waals surface area contributed by atoms with Crippen LogP contribution in [0.5, 0.6) is 0 Å². The Labute approximate surface area is 147 Å². The lowest BCUT2D eigenvalue weighted by atomic mass is 9.83. The zero-order chi connectivity index (χ0) is 17.9. The van der Waals surface area contributed by atoms with Crippen molar-refractivity contribution in [2.45, 2.75) is 96.3 Å². The predicted molar refractivity (Wildman–Crippen MR) is 94.1 cm³/mol. The first-order valence-electron chi connectivity index (χ1n) is 9.31. The van der Waals surface area contributed by atoms with Crippen LogP contribution in [0.4, 0.5) is 0 Å². The predicted octanol–water partition coefficient (Wildman–Crippen LogP) is 5.92. The van der Waals surface area contributed by atoms with Gasteiger partial charge < -0.3 is 0 Å². The van der Waals surface area contributed by atoms with E-state index in [4.69, 9.17) is 21.0 Å². The van der Waals surface area contributed by atoms with Crippen LogP contribution in [0, 0.1) is 50.7 Å². The van der Waals surface area contributed by atoms with Crippen LogP contribution in [0.15, 0.2) is 0 Å². The van der Waals surface area contributed by atoms with Gasteiger partial charge in [-0.2, -0.15) is 21.0 Å². The van der Waals surface area contributed by atoms with E-state index in [0.717, 1.165) is 25.7 Å². The van der Waals surface area contributed by atoms with Crippen LogP contribution in [0.1, 0.15) is 96.3 Å². The van der Waals surface area contributed by atoms with Crippen molar-refractivity contribution in [3.8, 4) is 24.3 Å². The van der Waals surface area contributed by atoms with Crippen molar-refractivity contribution in [1.82, 2.24) is 0 Å². The second-order valence-electron chi connectivity index (χ2n) is 6.54. The van der Waals surface area contributed by atoms with E-state index < -0.39 is 5.41 Å². The molecule has 0 aromatic heterocycles. The minimum Gasteiger partial charge on any atom is -0.198 e. The van der Waals surface area contributed by atoms with Crippen LogP contribution >= 0.6 is 0 Å². The van der Waals surface area contributed by atoms with Gasteiger partial charge in [-0.1, -0.05) is 70.6 Å². The number of rotatable bonds is 15. The smallest absolute Gasteiger partial charge is 0.156 e. The highest BCUT2D eigenvalue weighted by Crippen LogP contribution is 2.27. The van der Waals surface area contributed by atoms with Crippen molar-refractivity contribution < 1.29 is 0 Å². The fourth-order valence-electron chi connectivity index (χ4n) is 2.84. The third-order valence-corrected chi connectivity index (χ3v) is 4.45. The molecule has 0 aromatic rings. The van der Waals surface area contributed by atoms with E-state index in [9.17, 15) is 0 Å². The second-order valence-corrected chi connectivity index (χ2v) is 6.54. The molecule has 0 aromatic carbocycles. The lowest BCUT2D eigenvalue weighted by molar-refractivity contribution is 0.446. The van der Waals surface area contributed by atoms with Gasteiger partial charge in [-0.05, 0) is 12.8 Å². The number of nitrogens with zero attached hydrogens (tertiary/aromatic N) is 4. The average molecular weight is 326 g/mol. The first-order valence-corrected chi connectivity index (χ1v) is 9.31. The van der Waals surface area contributed by atoms with Gasteiger partial charge in [0, 0.05) is 6.42 Å². The molecule has 0 radical (unpaired) electrons. The quantitative estimate of drug-likeness (QED) is 0.349. The zero-order valence-corrected chi connectivity index (χ0v) is 14.9. The van der Waals surface area contributed by atoms with Crippen molar-refractivity contribution in [1.29, 1.82) is 21.0 Å². The van der Waals surface area contributed by atoms with Crippen molar-refractivity contribution in [3.63, 3.8) is 0 Å². The van der Waals surface area contributed by atoms with Gasteiger partial charge in [0.2, 0.25) is 0 Å². The Kier molecular flexibility index (Phi) is 14.5.